The first-order valence-corrected chi connectivity index (χ1v) is 4.73. The second kappa shape index (κ2) is 6.68. The topological polar surface area (TPSA) is 39.2 Å². The van der Waals surface area contributed by atoms with Crippen LogP contribution in [0, 0.1) is 0 Å². The molecule has 0 saturated carbocycles. The maximum Gasteiger partial charge on any atom is 0.120 e. The molecule has 0 spiro atoms. The van der Waals surface area contributed by atoms with E-state index in [0.717, 1.165) is 30.8 Å². The number of allylic oxidation sites excluding steroid dienone is 1. The second-order valence-electron chi connectivity index (χ2n) is 3.13. The molecule has 0 aromatic carbocycles. The van der Waals surface area contributed by atoms with Crippen LogP contribution >= 0.6 is 12.4 Å². The Morgan fingerprint density at radius 2 is 2.29 bits per heavy atom. The highest BCUT2D eigenvalue weighted by Crippen LogP contribution is 2.18. The fraction of sp³-hybridized carbons (Fsp3) is 0.455. The van der Waals surface area contributed by atoms with Crippen LogP contribution in [0.15, 0.2) is 29.2 Å². The molecule has 0 saturated heterocycles. The van der Waals surface area contributed by atoms with Crippen LogP contribution < -0.4 is 5.73 Å². The molecule has 3 heteroatoms. The zero-order chi connectivity index (χ0) is 9.68. The van der Waals surface area contributed by atoms with Gasteiger partial charge in [-0.2, -0.15) is 0 Å². The molecular formula is C11H18ClNO. The van der Waals surface area contributed by atoms with Crippen molar-refractivity contribution in [3.8, 4) is 0 Å². The van der Waals surface area contributed by atoms with Crippen LogP contribution in [0.4, 0.5) is 0 Å². The van der Waals surface area contributed by atoms with E-state index in [1.165, 1.54) is 0 Å². The summed E-state index contributed by atoms with van der Waals surface area (Å²) < 4.78 is 5.53. The smallest absolute Gasteiger partial charge is 0.120 e. The molecule has 0 bridgehead atoms. The Hall–Kier alpha value is -0.730. The molecule has 0 fully saturated rings. The monoisotopic (exact) mass is 215 g/mol. The van der Waals surface area contributed by atoms with Gasteiger partial charge in [0.05, 0.1) is 6.04 Å². The fourth-order valence-corrected chi connectivity index (χ4v) is 1.22. The van der Waals surface area contributed by atoms with Crippen molar-refractivity contribution < 1.29 is 4.42 Å². The van der Waals surface area contributed by atoms with Gasteiger partial charge in [-0.3, -0.25) is 0 Å². The Bertz CT molecular complexity index is 270. The van der Waals surface area contributed by atoms with Gasteiger partial charge in [-0.25, -0.2) is 0 Å². The molecule has 14 heavy (non-hydrogen) atoms. The molecule has 1 heterocycles. The number of rotatable bonds is 5. The van der Waals surface area contributed by atoms with E-state index in [1.54, 1.807) is 0 Å². The van der Waals surface area contributed by atoms with E-state index in [4.69, 9.17) is 10.2 Å². The van der Waals surface area contributed by atoms with Gasteiger partial charge in [0.1, 0.15) is 11.5 Å². The Morgan fingerprint density at radius 1 is 1.57 bits per heavy atom. The first-order valence-electron chi connectivity index (χ1n) is 4.73. The summed E-state index contributed by atoms with van der Waals surface area (Å²) in [4.78, 5) is 0. The number of aryl methyl sites for hydroxylation is 1. The molecule has 0 radical (unpaired) electrons. The highest BCUT2D eigenvalue weighted by atomic mass is 35.5. The Kier molecular flexibility index (Phi) is 6.34. The summed E-state index contributed by atoms with van der Waals surface area (Å²) in [6.45, 7) is 5.73. The maximum atomic E-state index is 5.91. The number of furan rings is 1. The van der Waals surface area contributed by atoms with Gasteiger partial charge >= 0.3 is 0 Å². The number of hydrogen-bond acceptors (Lipinski definition) is 2. The van der Waals surface area contributed by atoms with Gasteiger partial charge in [-0.1, -0.05) is 13.0 Å². The third-order valence-corrected chi connectivity index (χ3v) is 2.08. The molecule has 0 unspecified atom stereocenters. The lowest BCUT2D eigenvalue weighted by Gasteiger charge is -2.05. The maximum absolute atomic E-state index is 5.91. The molecule has 0 aliphatic carbocycles. The van der Waals surface area contributed by atoms with Crippen LogP contribution in [-0.2, 0) is 6.42 Å². The fourth-order valence-electron chi connectivity index (χ4n) is 1.22. The molecule has 1 aromatic rings. The van der Waals surface area contributed by atoms with Crippen molar-refractivity contribution in [1.29, 1.82) is 0 Å². The van der Waals surface area contributed by atoms with Crippen molar-refractivity contribution in [1.82, 2.24) is 0 Å². The first kappa shape index (κ1) is 13.3. The van der Waals surface area contributed by atoms with Crippen molar-refractivity contribution >= 4 is 12.4 Å². The van der Waals surface area contributed by atoms with Gasteiger partial charge in [-0.05, 0) is 25.0 Å². The molecule has 0 amide bonds. The summed E-state index contributed by atoms with van der Waals surface area (Å²) in [5.74, 6) is 1.89. The van der Waals surface area contributed by atoms with Crippen LogP contribution in [0.25, 0.3) is 0 Å². The molecule has 2 N–H and O–H groups in total. The first-order chi connectivity index (χ1) is 6.27. The lowest BCUT2D eigenvalue weighted by molar-refractivity contribution is 0.426. The quantitative estimate of drug-likeness (QED) is 0.766. The third-order valence-electron chi connectivity index (χ3n) is 2.08. The minimum atomic E-state index is 0. The second-order valence-corrected chi connectivity index (χ2v) is 3.13. The highest BCUT2D eigenvalue weighted by Gasteiger charge is 2.08. The van der Waals surface area contributed by atoms with Crippen LogP contribution in [0.3, 0.4) is 0 Å². The summed E-state index contributed by atoms with van der Waals surface area (Å²) in [5, 5.41) is 0. The van der Waals surface area contributed by atoms with E-state index < -0.39 is 0 Å². The molecule has 1 aromatic heterocycles. The van der Waals surface area contributed by atoms with Gasteiger partial charge < -0.3 is 10.2 Å². The molecule has 0 aliphatic heterocycles. The number of hydrogen-bond donors (Lipinski definition) is 1. The number of halogens is 1. The van der Waals surface area contributed by atoms with Crippen molar-refractivity contribution in [2.75, 3.05) is 0 Å². The normalized spacial score (nSPS) is 11.9. The van der Waals surface area contributed by atoms with E-state index in [1.807, 2.05) is 18.2 Å². The van der Waals surface area contributed by atoms with Gasteiger partial charge in [0.2, 0.25) is 0 Å². The van der Waals surface area contributed by atoms with Gasteiger partial charge in [0, 0.05) is 6.42 Å². The van der Waals surface area contributed by atoms with E-state index in [-0.39, 0.29) is 18.4 Å². The highest BCUT2D eigenvalue weighted by molar-refractivity contribution is 5.85. The summed E-state index contributed by atoms with van der Waals surface area (Å²) in [5.41, 5.74) is 5.91. The number of nitrogens with two attached hydrogens (primary N) is 1. The minimum Gasteiger partial charge on any atom is -0.464 e. The SMILES string of the molecule is C=CCC[C@@H](N)c1ccc(CC)o1.Cl. The Balaban J connectivity index is 0.00000169. The summed E-state index contributed by atoms with van der Waals surface area (Å²) in [6.07, 6.45) is 4.64. The Morgan fingerprint density at radius 3 is 2.79 bits per heavy atom. The van der Waals surface area contributed by atoms with E-state index in [9.17, 15) is 0 Å². The minimum absolute atomic E-state index is 0. The lowest BCUT2D eigenvalue weighted by Crippen LogP contribution is -2.08. The largest absolute Gasteiger partial charge is 0.464 e. The zero-order valence-corrected chi connectivity index (χ0v) is 9.35. The van der Waals surface area contributed by atoms with Crippen LogP contribution in [0.2, 0.25) is 0 Å². The molecular weight excluding hydrogens is 198 g/mol. The summed E-state index contributed by atoms with van der Waals surface area (Å²) in [7, 11) is 0. The molecule has 80 valence electrons. The molecule has 1 atom stereocenters. The summed E-state index contributed by atoms with van der Waals surface area (Å²) in [6, 6.07) is 3.97. The average Bonchev–Trinajstić information content (AvgIpc) is 2.62. The zero-order valence-electron chi connectivity index (χ0n) is 8.53. The lowest BCUT2D eigenvalue weighted by atomic mass is 10.1. The van der Waals surface area contributed by atoms with Gasteiger partial charge in [-0.15, -0.1) is 19.0 Å². The third kappa shape index (κ3) is 3.56. The predicted octanol–water partition coefficient (Wildman–Crippen LogP) is 3.23. The van der Waals surface area contributed by atoms with Crippen LogP contribution in [0.5, 0.6) is 0 Å². The van der Waals surface area contributed by atoms with Gasteiger partial charge in [0.25, 0.3) is 0 Å². The van der Waals surface area contributed by atoms with Crippen molar-refractivity contribution in [2.24, 2.45) is 5.73 Å². The van der Waals surface area contributed by atoms with Crippen molar-refractivity contribution in [2.45, 2.75) is 32.2 Å². The molecule has 1 rings (SSSR count). The van der Waals surface area contributed by atoms with Crippen LogP contribution in [0.1, 0.15) is 37.3 Å². The van der Waals surface area contributed by atoms with E-state index in [0.29, 0.717) is 0 Å². The molecule has 2 nitrogen and oxygen atoms in total. The standard InChI is InChI=1S/C11H17NO.ClH/c1-3-5-6-10(12)11-8-7-9(4-2)13-11;/h3,7-8,10H,1,4-6,12H2,2H3;1H/t10-;/m1./s1. The van der Waals surface area contributed by atoms with Crippen molar-refractivity contribution in [3.63, 3.8) is 0 Å². The summed E-state index contributed by atoms with van der Waals surface area (Å²) >= 11 is 0. The predicted molar refractivity (Wildman–Crippen MR) is 61.7 cm³/mol. The van der Waals surface area contributed by atoms with Gasteiger partial charge in [0.15, 0.2) is 0 Å². The average molecular weight is 216 g/mol. The molecule has 0 aliphatic rings. The van der Waals surface area contributed by atoms with Crippen LogP contribution in [-0.4, -0.2) is 0 Å². The van der Waals surface area contributed by atoms with Crippen molar-refractivity contribution in [3.05, 3.63) is 36.3 Å². The Labute approximate surface area is 91.6 Å². The van der Waals surface area contributed by atoms with E-state index >= 15 is 0 Å². The van der Waals surface area contributed by atoms with E-state index in [2.05, 4.69) is 13.5 Å².